The molecule has 668 valence electrons. The normalized spacial score (nSPS) is 14.0. The minimum absolute atomic E-state index is 0. The summed E-state index contributed by atoms with van der Waals surface area (Å²) in [7, 11) is 0. The van der Waals surface area contributed by atoms with E-state index < -0.39 is 88.1 Å². The van der Waals surface area contributed by atoms with Gasteiger partial charge in [-0.25, -0.2) is 29.7 Å². The molecule has 16 rings (SSSR count). The van der Waals surface area contributed by atoms with Crippen LogP contribution in [-0.4, -0.2) is 187 Å². The molecule has 5 N–H and O–H groups in total. The fraction of sp³-hybridized carbons (Fsp3) is 0.341. The molecule has 0 aliphatic heterocycles. The number of imidazole rings is 4. The number of carbonyl (C=O) groups excluding carboxylic acids is 6. The number of hydrogen-bond donors (Lipinski definition) is 5. The van der Waals surface area contributed by atoms with Gasteiger partial charge in [0.1, 0.15) is 18.4 Å². The molecule has 4 saturated carbocycles. The quantitative estimate of drug-likeness (QED) is 0.00597. The number of benzene rings is 8. The van der Waals surface area contributed by atoms with E-state index in [0.29, 0.717) is 66.5 Å². The van der Waals surface area contributed by atoms with Gasteiger partial charge in [0.2, 0.25) is 29.0 Å². The number of aliphatic hydroxyl groups excluding tert-OH is 1. The molecule has 128 heavy (non-hydrogen) atoms. The summed E-state index contributed by atoms with van der Waals surface area (Å²) in [5.74, 6) is -5.15. The number of aliphatic hydroxyl groups is 1. The van der Waals surface area contributed by atoms with Gasteiger partial charge in [-0.15, -0.1) is 0 Å². The molecular formula is C88H83Br4CaF8KN10O12S4. The van der Waals surface area contributed by atoms with E-state index in [2.05, 4.69) is 116 Å². The van der Waals surface area contributed by atoms with Gasteiger partial charge in [-0.2, -0.15) is 35.1 Å². The summed E-state index contributed by atoms with van der Waals surface area (Å²) in [5, 5.41) is 34.3. The summed E-state index contributed by atoms with van der Waals surface area (Å²) in [4.78, 5) is 94.7. The van der Waals surface area contributed by atoms with Crippen molar-refractivity contribution < 1.29 is 149 Å². The van der Waals surface area contributed by atoms with E-state index in [-0.39, 0.29) is 205 Å². The Balaban J connectivity index is 0.000000194. The monoisotopic (exact) mass is 2150 g/mol. The van der Waals surface area contributed by atoms with Crippen LogP contribution in [0.25, 0.3) is 65.8 Å². The van der Waals surface area contributed by atoms with E-state index in [9.17, 15) is 69.0 Å². The molecule has 40 heteroatoms. The summed E-state index contributed by atoms with van der Waals surface area (Å²) in [6.07, 6.45) is 11.7. The number of rotatable bonds is 39. The molecule has 0 radical (unpaired) electrons. The molecule has 4 aliphatic rings. The first-order valence-corrected chi connectivity index (χ1v) is 46.6. The summed E-state index contributed by atoms with van der Waals surface area (Å²) in [5.41, 5.74) is 7.83. The molecule has 4 heterocycles. The summed E-state index contributed by atoms with van der Waals surface area (Å²) < 4.78 is 125. The van der Waals surface area contributed by atoms with Crippen molar-refractivity contribution in [2.24, 2.45) is 0 Å². The molecule has 0 spiro atoms. The molecular weight excluding hydrogens is 2070 g/mol. The first-order chi connectivity index (χ1) is 60.4. The number of hydrogen-bond acceptors (Lipinski definition) is 21. The first-order valence-electron chi connectivity index (χ1n) is 40.2. The van der Waals surface area contributed by atoms with Gasteiger partial charge in [-0.3, -0.25) is 52.8 Å². The molecule has 0 unspecified atom stereocenters. The second kappa shape index (κ2) is 46.8. The van der Waals surface area contributed by atoms with Crippen molar-refractivity contribution in [3.63, 3.8) is 0 Å². The number of carbonyl (C=O) groups is 6. The van der Waals surface area contributed by atoms with Crippen LogP contribution >= 0.6 is 111 Å². The van der Waals surface area contributed by atoms with E-state index in [1.54, 1.807) is 13.7 Å². The van der Waals surface area contributed by atoms with Gasteiger partial charge in [0, 0.05) is 79.3 Å². The Hall–Kier alpha value is -5.32. The zero-order valence-corrected chi connectivity index (χ0v) is 83.4. The van der Waals surface area contributed by atoms with Crippen molar-refractivity contribution in [1.82, 2.24) is 48.8 Å². The van der Waals surface area contributed by atoms with Crippen LogP contribution in [-0.2, 0) is 38.5 Å². The SMILES string of the molecule is O=C(CCC(=O)C(F)(F)Sc1ncc(Br)n1-c1ccc(C2CC2)c2ccccc12)NCCNCCO.O=C(CCCOO)C(F)(F)Sc1ncc(Br)n1-c1ccc(C2CC2)c2ccccc12.O=C(CCCOO)C(F)(F)Sc1ncc(Br)n1-c1ccc(C2CC2)c2ccccc12.O=C([O-])CCC(=O)C(F)(F)Sc1ncc(Br)n1-c1ccc(C2CC2)c2ccccc12.[Ca+2].[H-].[H-].[K+]. The predicted octanol–water partition coefficient (Wildman–Crippen LogP) is 18.1. The van der Waals surface area contributed by atoms with Crippen LogP contribution in [0.15, 0.2) is 209 Å². The maximum atomic E-state index is 14.9. The van der Waals surface area contributed by atoms with Crippen LogP contribution in [0.1, 0.15) is 152 Å². The number of aliphatic carboxylic acids is 1. The molecule has 1 amide bonds. The number of carboxylic acids is 1. The van der Waals surface area contributed by atoms with Gasteiger partial charge >= 0.3 is 110 Å². The first kappa shape index (κ1) is 103. The van der Waals surface area contributed by atoms with Gasteiger partial charge in [0.15, 0.2) is 20.6 Å². The van der Waals surface area contributed by atoms with E-state index in [4.69, 9.17) is 15.6 Å². The smallest absolute Gasteiger partial charge is 1.00 e. The molecule has 0 saturated heterocycles. The van der Waals surface area contributed by atoms with Crippen molar-refractivity contribution >= 4 is 227 Å². The van der Waals surface area contributed by atoms with Gasteiger partial charge in [0.05, 0.1) is 67.4 Å². The van der Waals surface area contributed by atoms with E-state index >= 15 is 0 Å². The third kappa shape index (κ3) is 26.0. The van der Waals surface area contributed by atoms with Crippen LogP contribution in [0.3, 0.4) is 0 Å². The Kier molecular flexibility index (Phi) is 37.7. The molecule has 0 atom stereocenters. The Morgan fingerprint density at radius 1 is 0.398 bits per heavy atom. The summed E-state index contributed by atoms with van der Waals surface area (Å²) in [6, 6.07) is 47.2. The Labute approximate surface area is 855 Å². The third-order valence-electron chi connectivity index (χ3n) is 21.0. The molecule has 4 aliphatic carbocycles. The average Bonchev–Trinajstić information content (AvgIpc) is 1.52. The minimum atomic E-state index is -3.82. The Morgan fingerprint density at radius 2 is 0.656 bits per heavy atom. The maximum absolute atomic E-state index is 14.9. The number of thioether (sulfide) groups is 4. The summed E-state index contributed by atoms with van der Waals surface area (Å²) >= 11 is 13.9. The standard InChI is InChI=1S/C25H27BrF2N4O3S.2C21H19BrF2N2O3S.C21H17BrF2N2O3S.Ca.K.2H/c26-22-15-31-24(36-25(27,28)21(34)9-10-23(35)30-12-11-29-13-14-33)32(22)20-8-7-17(16-5-6-16)18-3-1-2-4-19(18)20;2*22-19-12-25-20(30-21(23,24)18(27)6-3-11-29-28)26(19)17-10-9-14(13-7-8-13)15-4-1-2-5-16(15)17;22-18-11-25-20(30-21(23,24)17(27)9-10-19(28)29)26(18)16-8-7-13(12-5-6-12)14-3-1-2-4-15(14)16;;;;/h1-4,7-8,15-16,29,33H,5-6,9-14H2,(H,30,35);2*1-2,4-5,9-10,12-13,28H,3,6-8,11H2;1-4,7-8,11-12H,5-6,9-10H2,(H,28,29);;;;/q;;;;+2;+1;2*-1/p-1. The fourth-order valence-corrected chi connectivity index (χ4v) is 20.0. The average molecular weight is 2150 g/mol. The number of ketones is 4. The number of halogens is 12. The summed E-state index contributed by atoms with van der Waals surface area (Å²) in [6.45, 7) is 0.728. The third-order valence-corrected chi connectivity index (χ3v) is 27.1. The molecule has 22 nitrogen and oxygen atoms in total. The van der Waals surface area contributed by atoms with Gasteiger partial charge in [0.25, 0.3) is 0 Å². The van der Waals surface area contributed by atoms with Crippen LogP contribution in [0.5, 0.6) is 0 Å². The number of nitrogens with one attached hydrogen (secondary N) is 2. The van der Waals surface area contributed by atoms with E-state index in [1.165, 1.54) is 51.6 Å². The van der Waals surface area contributed by atoms with Crippen LogP contribution < -0.4 is 67.1 Å². The van der Waals surface area contributed by atoms with Gasteiger partial charge < -0.3 is 28.5 Å². The van der Waals surface area contributed by atoms with E-state index in [0.717, 1.165) is 106 Å². The number of amides is 1. The second-order valence-corrected chi connectivity index (χ2v) is 37.6. The number of aromatic nitrogens is 8. The number of nitrogens with zero attached hydrogens (tertiary/aromatic N) is 8. The largest absolute Gasteiger partial charge is 2.00 e. The number of alkyl halides is 8. The topological polar surface area (TPSA) is 300 Å². The number of Topliss-reactive ketones (excluding diaryl/α,β-unsaturated/α-hetero) is 4. The maximum Gasteiger partial charge on any atom is 2.00 e. The van der Waals surface area contributed by atoms with Crippen molar-refractivity contribution in [3.8, 4) is 22.7 Å². The molecule has 8 aromatic carbocycles. The van der Waals surface area contributed by atoms with Crippen molar-refractivity contribution in [2.75, 3.05) is 39.5 Å². The minimum Gasteiger partial charge on any atom is -1.00 e. The predicted molar refractivity (Wildman–Crippen MR) is 486 cm³/mol. The number of carboxylic acid groups (broad SMARTS) is 1. The Morgan fingerprint density at radius 3 is 0.906 bits per heavy atom. The second-order valence-electron chi connectivity index (χ2n) is 30.0. The molecule has 4 aromatic heterocycles. The molecule has 4 fully saturated rings. The van der Waals surface area contributed by atoms with Crippen molar-refractivity contribution in [3.05, 3.63) is 211 Å². The van der Waals surface area contributed by atoms with Crippen LogP contribution in [0.2, 0.25) is 0 Å². The van der Waals surface area contributed by atoms with Crippen molar-refractivity contribution in [1.29, 1.82) is 0 Å². The molecule has 12 aromatic rings. The zero-order chi connectivity index (χ0) is 89.8. The fourth-order valence-electron chi connectivity index (χ4n) is 14.3. The molecule has 0 bridgehead atoms. The Bertz CT molecular complexity index is 5850. The van der Waals surface area contributed by atoms with Crippen molar-refractivity contribution in [2.45, 2.75) is 168 Å². The zero-order valence-electron chi connectivity index (χ0n) is 70.5. The number of fused-ring (bicyclic) bond motifs is 4. The van der Waals surface area contributed by atoms with Crippen LogP contribution in [0, 0.1) is 0 Å². The van der Waals surface area contributed by atoms with Crippen LogP contribution in [0.4, 0.5) is 35.1 Å². The van der Waals surface area contributed by atoms with E-state index in [1.807, 2.05) is 133 Å². The van der Waals surface area contributed by atoms with Gasteiger partial charge in [-0.1, -0.05) is 121 Å². The van der Waals surface area contributed by atoms with Gasteiger partial charge in [-0.05, 0) is 273 Å².